The summed E-state index contributed by atoms with van der Waals surface area (Å²) in [7, 11) is 0. The second-order valence-corrected chi connectivity index (χ2v) is 4.74. The van der Waals surface area contributed by atoms with Gasteiger partial charge in [-0.2, -0.15) is 0 Å². The van der Waals surface area contributed by atoms with Gasteiger partial charge < -0.3 is 0 Å². The Morgan fingerprint density at radius 1 is 1.27 bits per heavy atom. The van der Waals surface area contributed by atoms with E-state index in [2.05, 4.69) is 0 Å². The maximum absolute atomic E-state index is 10.6. The molecule has 2 aliphatic heterocycles. The third-order valence-corrected chi connectivity index (χ3v) is 3.62. The molecule has 2 heterocycles. The van der Waals surface area contributed by atoms with Crippen molar-refractivity contribution in [1.82, 2.24) is 0 Å². The summed E-state index contributed by atoms with van der Waals surface area (Å²) in [6, 6.07) is 3.81. The third-order valence-electron chi connectivity index (χ3n) is 2.55. The minimum absolute atomic E-state index is 0.0556. The fourth-order valence-corrected chi connectivity index (χ4v) is 2.58. The van der Waals surface area contributed by atoms with Crippen molar-refractivity contribution in [1.29, 1.82) is 0 Å². The van der Waals surface area contributed by atoms with Crippen molar-refractivity contribution in [3.05, 3.63) is 17.7 Å². The molecule has 0 aliphatic carbocycles. The van der Waals surface area contributed by atoms with Gasteiger partial charge in [-0.3, -0.25) is 0 Å². The summed E-state index contributed by atoms with van der Waals surface area (Å²) in [6.07, 6.45) is 0.871. The van der Waals surface area contributed by atoms with Gasteiger partial charge >= 0.3 is 92.5 Å². The molecule has 0 N–H and O–H groups in total. The third kappa shape index (κ3) is 1.52. The number of ether oxygens (including phenoxy) is 3. The Bertz CT molecular complexity index is 385. The Balaban J connectivity index is 1.91. The molecule has 0 saturated heterocycles. The summed E-state index contributed by atoms with van der Waals surface area (Å²) < 4.78 is 26.8. The Morgan fingerprint density at radius 3 is 2.87 bits per heavy atom. The summed E-state index contributed by atoms with van der Waals surface area (Å²) >= 11 is -0.581. The summed E-state index contributed by atoms with van der Waals surface area (Å²) in [5, 5.41) is 0.619. The molecule has 1 radical (unpaired) electrons. The van der Waals surface area contributed by atoms with Gasteiger partial charge in [0, 0.05) is 0 Å². The number of hydrogen-bond donors (Lipinski definition) is 0. The number of rotatable bonds is 2. The molecule has 0 spiro atoms. The molecular weight excluding hydrogens is 263 g/mol. The molecule has 1 atom stereocenters. The van der Waals surface area contributed by atoms with Crippen LogP contribution in [-0.4, -0.2) is 27.8 Å². The van der Waals surface area contributed by atoms with E-state index in [0.717, 1.165) is 29.2 Å². The number of benzene rings is 1. The topological polar surface area (TPSA) is 44.8 Å². The van der Waals surface area contributed by atoms with Crippen LogP contribution >= 0.6 is 0 Å². The predicted molar refractivity (Wildman–Crippen MR) is 51.9 cm³/mol. The van der Waals surface area contributed by atoms with Gasteiger partial charge in [0.05, 0.1) is 0 Å². The average molecular weight is 272 g/mol. The second kappa shape index (κ2) is 3.51. The maximum atomic E-state index is 10.6. The molecule has 4 nitrogen and oxygen atoms in total. The molecule has 0 amide bonds. The molecule has 2 aliphatic rings. The van der Waals surface area contributed by atoms with Crippen LogP contribution in [0.2, 0.25) is 5.32 Å². The number of hydrogen-bond acceptors (Lipinski definition) is 4. The van der Waals surface area contributed by atoms with E-state index in [-0.39, 0.29) is 12.9 Å². The first kappa shape index (κ1) is 9.19. The zero-order valence-corrected chi connectivity index (χ0v) is 9.61. The molecule has 3 rings (SSSR count). The van der Waals surface area contributed by atoms with E-state index in [1.165, 1.54) is 0 Å². The number of fused-ring (bicyclic) bond motifs is 2. The van der Waals surface area contributed by atoms with Crippen LogP contribution < -0.4 is 14.2 Å². The first-order valence-electron chi connectivity index (χ1n) is 4.71. The molecule has 15 heavy (non-hydrogen) atoms. The molecule has 5 heteroatoms. The van der Waals surface area contributed by atoms with Crippen LogP contribution in [0.25, 0.3) is 0 Å². The summed E-state index contributed by atoms with van der Waals surface area (Å²) in [4.78, 5) is 0. The van der Waals surface area contributed by atoms with Crippen molar-refractivity contribution in [3.63, 3.8) is 0 Å². The van der Waals surface area contributed by atoms with Crippen molar-refractivity contribution >= 4 is 14.9 Å². The van der Waals surface area contributed by atoms with E-state index < -0.39 is 14.9 Å². The SMILES string of the molecule is O=[Se]CC1Cc2cc3c(cc2O1)OCO3. The second-order valence-electron chi connectivity index (χ2n) is 3.54. The van der Waals surface area contributed by atoms with E-state index in [0.29, 0.717) is 5.32 Å². The fraction of sp³-hybridized carbons (Fsp3) is 0.400. The Morgan fingerprint density at radius 2 is 2.07 bits per heavy atom. The van der Waals surface area contributed by atoms with Crippen molar-refractivity contribution in [2.45, 2.75) is 17.8 Å². The molecule has 1 aromatic carbocycles. The molecule has 1 aromatic rings. The van der Waals surface area contributed by atoms with Crippen LogP contribution in [0.1, 0.15) is 5.56 Å². The van der Waals surface area contributed by atoms with Crippen molar-refractivity contribution in [2.75, 3.05) is 6.79 Å². The molecule has 0 aromatic heterocycles. The first-order valence-corrected chi connectivity index (χ1v) is 6.62. The first-order chi connectivity index (χ1) is 7.36. The van der Waals surface area contributed by atoms with Gasteiger partial charge in [-0.1, -0.05) is 0 Å². The standard InChI is InChI=1S/C10H9O4Se/c11-15-4-7-1-6-2-9-10(13-5-12-9)3-8(6)14-7/h2-3,7H,1,4-5H2. The quantitative estimate of drug-likeness (QED) is 0.758. The van der Waals surface area contributed by atoms with Gasteiger partial charge in [-0.25, -0.2) is 0 Å². The minimum atomic E-state index is -0.581. The van der Waals surface area contributed by atoms with Gasteiger partial charge in [0.1, 0.15) is 0 Å². The summed E-state index contributed by atoms with van der Waals surface area (Å²) in [5.74, 6) is 2.36. The van der Waals surface area contributed by atoms with Crippen molar-refractivity contribution in [2.24, 2.45) is 0 Å². The van der Waals surface area contributed by atoms with Gasteiger partial charge in [0.25, 0.3) is 0 Å². The van der Waals surface area contributed by atoms with Gasteiger partial charge in [0.15, 0.2) is 0 Å². The van der Waals surface area contributed by atoms with Gasteiger partial charge in [-0.05, 0) is 0 Å². The predicted octanol–water partition coefficient (Wildman–Crippen LogP) is 1.19. The fourth-order valence-electron chi connectivity index (χ4n) is 1.87. The molecule has 0 bridgehead atoms. The molecular formula is C10H9O4Se. The van der Waals surface area contributed by atoms with Crippen molar-refractivity contribution < 1.29 is 18.0 Å². The molecule has 1 unspecified atom stereocenters. The monoisotopic (exact) mass is 273 g/mol. The van der Waals surface area contributed by atoms with Crippen LogP contribution in [0.5, 0.6) is 17.2 Å². The zero-order chi connectivity index (χ0) is 10.3. The summed E-state index contributed by atoms with van der Waals surface area (Å²) in [5.41, 5.74) is 1.12. The molecule has 79 valence electrons. The van der Waals surface area contributed by atoms with Gasteiger partial charge in [0.2, 0.25) is 0 Å². The van der Waals surface area contributed by atoms with E-state index in [1.807, 2.05) is 12.1 Å². The van der Waals surface area contributed by atoms with Crippen LogP contribution in [0, 0.1) is 0 Å². The Hall–Kier alpha value is -1.06. The van der Waals surface area contributed by atoms with E-state index in [1.54, 1.807) is 0 Å². The summed E-state index contributed by atoms with van der Waals surface area (Å²) in [6.45, 7) is 0.283. The van der Waals surface area contributed by atoms with Crippen LogP contribution in [-0.2, 0) is 10.3 Å². The van der Waals surface area contributed by atoms with Crippen LogP contribution in [0.3, 0.4) is 0 Å². The van der Waals surface area contributed by atoms with Crippen LogP contribution in [0.15, 0.2) is 12.1 Å². The van der Waals surface area contributed by atoms with E-state index in [4.69, 9.17) is 14.2 Å². The van der Waals surface area contributed by atoms with Gasteiger partial charge in [-0.15, -0.1) is 0 Å². The van der Waals surface area contributed by atoms with E-state index >= 15 is 0 Å². The average Bonchev–Trinajstić information content (AvgIpc) is 2.78. The molecule has 0 fully saturated rings. The molecule has 0 saturated carbocycles. The normalized spacial score (nSPS) is 20.9. The Kier molecular flexibility index (Phi) is 2.15. The van der Waals surface area contributed by atoms with Crippen LogP contribution in [0.4, 0.5) is 0 Å². The zero-order valence-electron chi connectivity index (χ0n) is 7.89. The Labute approximate surface area is 92.9 Å². The van der Waals surface area contributed by atoms with Crippen molar-refractivity contribution in [3.8, 4) is 17.2 Å². The van der Waals surface area contributed by atoms with E-state index in [9.17, 15) is 3.83 Å².